The molecule has 0 bridgehead atoms. The summed E-state index contributed by atoms with van der Waals surface area (Å²) in [6, 6.07) is 9.06. The van der Waals surface area contributed by atoms with Crippen molar-refractivity contribution in [2.75, 3.05) is 11.1 Å². The molecule has 3 N–H and O–H groups in total. The molecule has 0 atom stereocenters. The third kappa shape index (κ3) is 2.53. The average Bonchev–Trinajstić information content (AvgIpc) is 2.29. The van der Waals surface area contributed by atoms with Gasteiger partial charge in [0.2, 0.25) is 0 Å². The number of nitrogens with one attached hydrogen (secondary N) is 1. The molecule has 4 heteroatoms. The van der Waals surface area contributed by atoms with Crippen LogP contribution >= 0.6 is 0 Å². The number of halogens is 2. The molecule has 2 aromatic rings. The smallest absolute Gasteiger partial charge is 0.148 e. The normalized spacial score (nSPS) is 10.3. The lowest BCUT2D eigenvalue weighted by Gasteiger charge is -2.08. The Balaban J connectivity index is 2.25. The molecule has 0 spiro atoms. The molecular formula is C13H12F2N2. The van der Waals surface area contributed by atoms with Crippen LogP contribution in [0.15, 0.2) is 36.4 Å². The van der Waals surface area contributed by atoms with Crippen molar-refractivity contribution in [2.24, 2.45) is 0 Å². The molecule has 0 saturated heterocycles. The van der Waals surface area contributed by atoms with Crippen molar-refractivity contribution < 1.29 is 8.78 Å². The summed E-state index contributed by atoms with van der Waals surface area (Å²) in [4.78, 5) is 0. The number of anilines is 3. The van der Waals surface area contributed by atoms with E-state index in [2.05, 4.69) is 5.32 Å². The van der Waals surface area contributed by atoms with Crippen LogP contribution in [-0.2, 0) is 0 Å². The zero-order chi connectivity index (χ0) is 12.4. The molecular weight excluding hydrogens is 222 g/mol. The zero-order valence-corrected chi connectivity index (χ0v) is 9.30. The van der Waals surface area contributed by atoms with E-state index < -0.39 is 5.82 Å². The Bertz CT molecular complexity index is 504. The van der Waals surface area contributed by atoms with Crippen LogP contribution in [0.5, 0.6) is 0 Å². The number of hydrogen-bond acceptors (Lipinski definition) is 2. The van der Waals surface area contributed by atoms with Crippen LogP contribution in [0, 0.1) is 18.6 Å². The second kappa shape index (κ2) is 4.41. The molecule has 2 aromatic carbocycles. The lowest BCUT2D eigenvalue weighted by Crippen LogP contribution is -1.95. The van der Waals surface area contributed by atoms with Gasteiger partial charge in [0.05, 0.1) is 5.69 Å². The molecule has 0 fully saturated rings. The van der Waals surface area contributed by atoms with E-state index in [4.69, 9.17) is 5.73 Å². The maximum absolute atomic E-state index is 13.2. The van der Waals surface area contributed by atoms with Gasteiger partial charge in [-0.25, -0.2) is 8.78 Å². The van der Waals surface area contributed by atoms with E-state index in [1.165, 1.54) is 18.2 Å². The first-order valence-corrected chi connectivity index (χ1v) is 5.14. The summed E-state index contributed by atoms with van der Waals surface area (Å²) in [5.41, 5.74) is 7.28. The Morgan fingerprint density at radius 1 is 0.941 bits per heavy atom. The minimum absolute atomic E-state index is 0.103. The van der Waals surface area contributed by atoms with Crippen LogP contribution in [0.2, 0.25) is 0 Å². The van der Waals surface area contributed by atoms with Gasteiger partial charge in [-0.2, -0.15) is 0 Å². The van der Waals surface area contributed by atoms with Gasteiger partial charge in [-0.05, 0) is 48.9 Å². The van der Waals surface area contributed by atoms with Gasteiger partial charge >= 0.3 is 0 Å². The van der Waals surface area contributed by atoms with Crippen LogP contribution in [0.1, 0.15) is 5.56 Å². The number of rotatable bonds is 2. The summed E-state index contributed by atoms with van der Waals surface area (Å²) in [7, 11) is 0. The Hall–Kier alpha value is -2.10. The van der Waals surface area contributed by atoms with E-state index in [1.807, 2.05) is 0 Å². The van der Waals surface area contributed by atoms with Crippen molar-refractivity contribution in [3.05, 3.63) is 53.6 Å². The van der Waals surface area contributed by atoms with E-state index in [1.54, 1.807) is 25.1 Å². The fourth-order valence-electron chi connectivity index (χ4n) is 1.49. The Morgan fingerprint density at radius 2 is 1.59 bits per heavy atom. The van der Waals surface area contributed by atoms with Crippen molar-refractivity contribution in [1.82, 2.24) is 0 Å². The van der Waals surface area contributed by atoms with Crippen molar-refractivity contribution >= 4 is 17.1 Å². The number of nitrogens with two attached hydrogens (primary N) is 1. The van der Waals surface area contributed by atoms with Gasteiger partial charge in [0.15, 0.2) is 0 Å². The molecule has 0 amide bonds. The third-order valence-electron chi connectivity index (χ3n) is 2.45. The summed E-state index contributed by atoms with van der Waals surface area (Å²) in [6.45, 7) is 1.67. The van der Waals surface area contributed by atoms with Crippen LogP contribution < -0.4 is 11.1 Å². The maximum Gasteiger partial charge on any atom is 0.148 e. The van der Waals surface area contributed by atoms with E-state index in [-0.39, 0.29) is 11.5 Å². The van der Waals surface area contributed by atoms with Crippen molar-refractivity contribution in [2.45, 2.75) is 6.92 Å². The van der Waals surface area contributed by atoms with Gasteiger partial charge in [0, 0.05) is 11.4 Å². The van der Waals surface area contributed by atoms with Crippen LogP contribution in [0.25, 0.3) is 0 Å². The minimum Gasteiger partial charge on any atom is -0.396 e. The van der Waals surface area contributed by atoms with Gasteiger partial charge in [0.1, 0.15) is 11.6 Å². The van der Waals surface area contributed by atoms with Crippen molar-refractivity contribution in [3.8, 4) is 0 Å². The number of aryl methyl sites for hydroxylation is 1. The highest BCUT2D eigenvalue weighted by molar-refractivity contribution is 5.62. The zero-order valence-electron chi connectivity index (χ0n) is 9.30. The summed E-state index contributed by atoms with van der Waals surface area (Å²) < 4.78 is 26.3. The number of benzene rings is 2. The Kier molecular flexibility index (Phi) is 2.95. The van der Waals surface area contributed by atoms with Gasteiger partial charge in [-0.15, -0.1) is 0 Å². The van der Waals surface area contributed by atoms with Gasteiger partial charge < -0.3 is 11.1 Å². The van der Waals surface area contributed by atoms with E-state index in [0.717, 1.165) is 0 Å². The molecule has 0 saturated carbocycles. The van der Waals surface area contributed by atoms with Gasteiger partial charge in [-0.1, -0.05) is 0 Å². The van der Waals surface area contributed by atoms with E-state index in [9.17, 15) is 8.78 Å². The van der Waals surface area contributed by atoms with Crippen molar-refractivity contribution in [1.29, 1.82) is 0 Å². The predicted octanol–water partition coefficient (Wildman–Crippen LogP) is 3.60. The van der Waals surface area contributed by atoms with Gasteiger partial charge in [0.25, 0.3) is 0 Å². The predicted molar refractivity (Wildman–Crippen MR) is 65.2 cm³/mol. The highest BCUT2D eigenvalue weighted by Gasteiger charge is 2.02. The molecule has 88 valence electrons. The fourth-order valence-corrected chi connectivity index (χ4v) is 1.49. The summed E-state index contributed by atoms with van der Waals surface area (Å²) in [5, 5.41) is 2.98. The monoisotopic (exact) mass is 234 g/mol. The lowest BCUT2D eigenvalue weighted by molar-refractivity contribution is 0.619. The summed E-state index contributed by atoms with van der Waals surface area (Å²) in [5.74, 6) is -0.743. The molecule has 0 aliphatic rings. The SMILES string of the molecule is Cc1cc(Nc2ccc(N)c(F)c2)ccc1F. The Labute approximate surface area is 98.1 Å². The van der Waals surface area contributed by atoms with Crippen LogP contribution in [0.4, 0.5) is 25.8 Å². The minimum atomic E-state index is -0.478. The first kappa shape index (κ1) is 11.4. The molecule has 17 heavy (non-hydrogen) atoms. The standard InChI is InChI=1S/C13H12F2N2/c1-8-6-9(2-4-11(8)14)17-10-3-5-13(16)12(15)7-10/h2-7,17H,16H2,1H3. The van der Waals surface area contributed by atoms with E-state index in [0.29, 0.717) is 16.9 Å². The largest absolute Gasteiger partial charge is 0.396 e. The first-order valence-electron chi connectivity index (χ1n) is 5.14. The molecule has 0 heterocycles. The highest BCUT2D eigenvalue weighted by atomic mass is 19.1. The molecule has 2 rings (SSSR count). The molecule has 0 aliphatic heterocycles. The fraction of sp³-hybridized carbons (Fsp3) is 0.0769. The highest BCUT2D eigenvalue weighted by Crippen LogP contribution is 2.21. The molecule has 0 aromatic heterocycles. The van der Waals surface area contributed by atoms with Crippen LogP contribution in [0.3, 0.4) is 0 Å². The average molecular weight is 234 g/mol. The summed E-state index contributed by atoms with van der Waals surface area (Å²) >= 11 is 0. The second-order valence-electron chi connectivity index (χ2n) is 3.83. The molecule has 0 aliphatic carbocycles. The topological polar surface area (TPSA) is 38.0 Å². The third-order valence-corrected chi connectivity index (χ3v) is 2.45. The molecule has 0 unspecified atom stereocenters. The van der Waals surface area contributed by atoms with Crippen molar-refractivity contribution in [3.63, 3.8) is 0 Å². The second-order valence-corrected chi connectivity index (χ2v) is 3.83. The molecule has 0 radical (unpaired) electrons. The summed E-state index contributed by atoms with van der Waals surface area (Å²) in [6.07, 6.45) is 0. The van der Waals surface area contributed by atoms with Crippen LogP contribution in [-0.4, -0.2) is 0 Å². The number of nitrogen functional groups attached to an aromatic ring is 1. The Morgan fingerprint density at radius 3 is 2.24 bits per heavy atom. The lowest BCUT2D eigenvalue weighted by atomic mass is 10.2. The number of hydrogen-bond donors (Lipinski definition) is 2. The first-order chi connectivity index (χ1) is 8.06. The quantitative estimate of drug-likeness (QED) is 0.779. The van der Waals surface area contributed by atoms with Gasteiger partial charge in [-0.3, -0.25) is 0 Å². The van der Waals surface area contributed by atoms with E-state index >= 15 is 0 Å². The molecule has 2 nitrogen and oxygen atoms in total. The maximum atomic E-state index is 13.2.